The van der Waals surface area contributed by atoms with E-state index in [4.69, 9.17) is 19.4 Å². The summed E-state index contributed by atoms with van der Waals surface area (Å²) >= 11 is 0. The molecule has 2 fully saturated rings. The largest absolute Gasteiger partial charge is 0.436 e. The minimum Gasteiger partial charge on any atom is -0.436 e. The third-order valence-electron chi connectivity index (χ3n) is 11.4. The number of hydrogen-bond donors (Lipinski definition) is 4. The molecule has 0 radical (unpaired) electrons. The minimum atomic E-state index is -0.414. The van der Waals surface area contributed by atoms with Gasteiger partial charge in [-0.25, -0.2) is 15.0 Å². The fourth-order valence-electron chi connectivity index (χ4n) is 8.43. The lowest BCUT2D eigenvalue weighted by atomic mass is 10.1. The fourth-order valence-corrected chi connectivity index (χ4v) is 8.43. The zero-order chi connectivity index (χ0) is 38.9. The summed E-state index contributed by atoms with van der Waals surface area (Å²) < 4.78 is 6.20. The Kier molecular flexibility index (Phi) is 9.95. The molecular weight excluding hydrogens is 715 g/mol. The molecule has 2 aliphatic heterocycles. The van der Waals surface area contributed by atoms with Crippen molar-refractivity contribution < 1.29 is 14.0 Å². The molecule has 12 nitrogen and oxygen atoms in total. The van der Waals surface area contributed by atoms with Gasteiger partial charge in [-0.1, -0.05) is 72.8 Å². The summed E-state index contributed by atoms with van der Waals surface area (Å²) in [5, 5.41) is 6.42. The maximum absolute atomic E-state index is 13.7. The average molecular weight is 760 g/mol. The van der Waals surface area contributed by atoms with Gasteiger partial charge in [0.05, 0.1) is 35.9 Å². The van der Waals surface area contributed by atoms with Gasteiger partial charge >= 0.3 is 0 Å². The second-order valence-corrected chi connectivity index (χ2v) is 14.8. The lowest BCUT2D eigenvalue weighted by molar-refractivity contribution is -0.135. The molecule has 2 aliphatic rings. The standard InChI is InChI=1S/C45H45N9O3/c1-46-39(29-11-5-3-6-12-29)44(55)53-23-9-15-36(53)41-48-26-34(50-41)28-17-19-31(20-18-28)43-52-33-25-32(21-22-38(33)57-43)35-27-49-42(51-35)37-16-10-24-54(37)45(56)40(47-2)30-13-7-4-8-14-30/h3-8,11-14,17-22,25-27,36-37,39-40,46-47H,9-10,15-16,23-24H2,1-2H3,(H,48,50)(H,49,51)/t36-,37?,39+,40+/m0/s1. The van der Waals surface area contributed by atoms with Crippen LogP contribution in [0.3, 0.4) is 0 Å². The van der Waals surface area contributed by atoms with Crippen LogP contribution in [-0.2, 0) is 9.59 Å². The van der Waals surface area contributed by atoms with Crippen molar-refractivity contribution in [3.63, 3.8) is 0 Å². The highest BCUT2D eigenvalue weighted by Crippen LogP contribution is 2.36. The minimum absolute atomic E-state index is 0.0503. The maximum Gasteiger partial charge on any atom is 0.244 e. The van der Waals surface area contributed by atoms with Gasteiger partial charge in [0.25, 0.3) is 0 Å². The molecule has 4 atom stereocenters. The molecule has 7 aromatic rings. The predicted molar refractivity (Wildman–Crippen MR) is 218 cm³/mol. The van der Waals surface area contributed by atoms with E-state index in [0.717, 1.165) is 82.1 Å². The maximum atomic E-state index is 13.7. The summed E-state index contributed by atoms with van der Waals surface area (Å²) in [6, 6.07) is 32.6. The molecule has 2 saturated heterocycles. The third kappa shape index (κ3) is 7.02. The second-order valence-electron chi connectivity index (χ2n) is 14.8. The molecule has 12 heteroatoms. The van der Waals surface area contributed by atoms with Gasteiger partial charge < -0.3 is 34.8 Å². The molecule has 4 N–H and O–H groups in total. The fraction of sp³-hybridized carbons (Fsp3) is 0.267. The summed E-state index contributed by atoms with van der Waals surface area (Å²) in [5.41, 5.74) is 7.82. The molecule has 9 rings (SSSR count). The van der Waals surface area contributed by atoms with Crippen LogP contribution in [0.1, 0.15) is 72.6 Å². The van der Waals surface area contributed by atoms with Crippen LogP contribution in [0.2, 0.25) is 0 Å². The van der Waals surface area contributed by atoms with Crippen LogP contribution in [0.5, 0.6) is 0 Å². The zero-order valence-electron chi connectivity index (χ0n) is 32.0. The van der Waals surface area contributed by atoms with Crippen molar-refractivity contribution in [3.8, 4) is 34.0 Å². The number of likely N-dealkylation sites (N-methyl/N-ethyl adjacent to an activating group) is 2. The van der Waals surface area contributed by atoms with Crippen LogP contribution in [0.15, 0.2) is 120 Å². The first-order valence-corrected chi connectivity index (χ1v) is 19.7. The van der Waals surface area contributed by atoms with Crippen molar-refractivity contribution in [1.82, 2.24) is 45.4 Å². The number of rotatable bonds is 11. The number of nitrogens with one attached hydrogen (secondary N) is 4. The predicted octanol–water partition coefficient (Wildman–Crippen LogP) is 7.52. The van der Waals surface area contributed by atoms with Gasteiger partial charge in [0, 0.05) is 24.2 Å². The highest BCUT2D eigenvalue weighted by atomic mass is 16.3. The molecule has 4 aromatic carbocycles. The first-order valence-electron chi connectivity index (χ1n) is 19.7. The summed E-state index contributed by atoms with van der Waals surface area (Å²) in [6.07, 6.45) is 7.22. The Hall–Kier alpha value is -6.37. The van der Waals surface area contributed by atoms with E-state index in [1.54, 1.807) is 0 Å². The number of aromatic nitrogens is 5. The van der Waals surface area contributed by atoms with E-state index in [0.29, 0.717) is 24.6 Å². The Bertz CT molecular complexity index is 2490. The van der Waals surface area contributed by atoms with Gasteiger partial charge in [-0.05, 0) is 86.8 Å². The second kappa shape index (κ2) is 15.6. The Labute approximate surface area is 330 Å². The highest BCUT2D eigenvalue weighted by molar-refractivity contribution is 5.85. The number of aromatic amines is 2. The van der Waals surface area contributed by atoms with E-state index in [9.17, 15) is 9.59 Å². The van der Waals surface area contributed by atoms with Crippen LogP contribution in [0.4, 0.5) is 0 Å². The quantitative estimate of drug-likeness (QED) is 0.106. The van der Waals surface area contributed by atoms with E-state index in [2.05, 4.69) is 20.6 Å². The summed E-state index contributed by atoms with van der Waals surface area (Å²) in [6.45, 7) is 1.39. The molecule has 3 aromatic heterocycles. The van der Waals surface area contributed by atoms with Crippen molar-refractivity contribution >= 4 is 22.9 Å². The van der Waals surface area contributed by atoms with Crippen LogP contribution < -0.4 is 10.6 Å². The van der Waals surface area contributed by atoms with E-state index < -0.39 is 12.1 Å². The number of carbonyl (C=O) groups excluding carboxylic acids is 2. The van der Waals surface area contributed by atoms with Crippen molar-refractivity contribution in [1.29, 1.82) is 0 Å². The smallest absolute Gasteiger partial charge is 0.244 e. The van der Waals surface area contributed by atoms with Crippen molar-refractivity contribution in [2.45, 2.75) is 49.9 Å². The molecule has 1 unspecified atom stereocenters. The first-order chi connectivity index (χ1) is 28.0. The summed E-state index contributed by atoms with van der Waals surface area (Å²) in [4.78, 5) is 52.7. The molecule has 0 bridgehead atoms. The van der Waals surface area contributed by atoms with Gasteiger partial charge in [0.2, 0.25) is 17.7 Å². The molecule has 2 amide bonds. The van der Waals surface area contributed by atoms with Crippen molar-refractivity contribution in [3.05, 3.63) is 138 Å². The van der Waals surface area contributed by atoms with E-state index in [-0.39, 0.29) is 23.9 Å². The lowest BCUT2D eigenvalue weighted by Crippen LogP contribution is -2.39. The Morgan fingerprint density at radius 3 is 1.68 bits per heavy atom. The topological polar surface area (TPSA) is 148 Å². The van der Waals surface area contributed by atoms with Crippen molar-refractivity contribution in [2.24, 2.45) is 0 Å². The molecule has 0 spiro atoms. The number of carbonyl (C=O) groups is 2. The molecule has 0 saturated carbocycles. The van der Waals surface area contributed by atoms with Gasteiger partial charge in [0.1, 0.15) is 29.2 Å². The Morgan fingerprint density at radius 2 is 1.16 bits per heavy atom. The summed E-state index contributed by atoms with van der Waals surface area (Å²) in [5.74, 6) is 2.21. The molecule has 288 valence electrons. The molecular formula is C45H45N9O3. The number of nitrogens with zero attached hydrogens (tertiary/aromatic N) is 5. The van der Waals surface area contributed by atoms with E-state index >= 15 is 0 Å². The monoisotopic (exact) mass is 759 g/mol. The highest BCUT2D eigenvalue weighted by Gasteiger charge is 2.37. The number of imidazole rings is 2. The molecule has 5 heterocycles. The van der Waals surface area contributed by atoms with E-state index in [1.165, 1.54) is 0 Å². The Morgan fingerprint density at radius 1 is 0.667 bits per heavy atom. The Balaban J connectivity index is 0.885. The van der Waals surface area contributed by atoms with Crippen molar-refractivity contribution in [2.75, 3.05) is 27.2 Å². The number of amides is 2. The van der Waals surface area contributed by atoms with Gasteiger partial charge in [0.15, 0.2) is 5.58 Å². The summed E-state index contributed by atoms with van der Waals surface area (Å²) in [7, 11) is 3.65. The van der Waals surface area contributed by atoms with Crippen LogP contribution in [-0.4, -0.2) is 73.7 Å². The van der Waals surface area contributed by atoms with Gasteiger partial charge in [-0.15, -0.1) is 0 Å². The van der Waals surface area contributed by atoms with Crippen LogP contribution in [0, 0.1) is 0 Å². The number of hydrogen-bond acceptors (Lipinski definition) is 8. The number of oxazole rings is 1. The average Bonchev–Trinajstić information content (AvgIpc) is 4.11. The SMILES string of the molecule is CN[C@@H](C(=O)N1CCCC1c1ncc(-c2ccc3oc(-c4ccc(-c5cnc([C@@H]6CCCN6C(=O)[C@H](NC)c6ccccc6)[nH]5)cc4)nc3c2)[nH]1)c1ccccc1. The zero-order valence-corrected chi connectivity index (χ0v) is 32.0. The lowest BCUT2D eigenvalue weighted by Gasteiger charge is -2.28. The normalized spacial score (nSPS) is 18.0. The number of fused-ring (bicyclic) bond motifs is 1. The van der Waals surface area contributed by atoms with Crippen LogP contribution in [0.25, 0.3) is 45.1 Å². The molecule has 0 aliphatic carbocycles. The van der Waals surface area contributed by atoms with Crippen LogP contribution >= 0.6 is 0 Å². The first kappa shape index (κ1) is 36.3. The van der Waals surface area contributed by atoms with Gasteiger partial charge in [-0.2, -0.15) is 0 Å². The van der Waals surface area contributed by atoms with E-state index in [1.807, 2.05) is 139 Å². The van der Waals surface area contributed by atoms with Gasteiger partial charge in [-0.3, -0.25) is 9.59 Å². The third-order valence-corrected chi connectivity index (χ3v) is 11.4. The number of H-pyrrole nitrogens is 2. The molecule has 57 heavy (non-hydrogen) atoms. The number of benzene rings is 4. The number of likely N-dealkylation sites (tertiary alicyclic amines) is 2.